The van der Waals surface area contributed by atoms with Crippen molar-refractivity contribution in [2.75, 3.05) is 13.2 Å². The molecule has 3 rings (SSSR count). The van der Waals surface area contributed by atoms with Crippen molar-refractivity contribution >= 4 is 31.9 Å². The molecular weight excluding hydrogens is 400 g/mol. The summed E-state index contributed by atoms with van der Waals surface area (Å²) in [6.45, 7) is 3.10. The number of benzene rings is 2. The fourth-order valence-corrected chi connectivity index (χ4v) is 3.32. The van der Waals surface area contributed by atoms with Crippen LogP contribution in [0.15, 0.2) is 39.3 Å². The highest BCUT2D eigenvalue weighted by Gasteiger charge is 2.19. The highest BCUT2D eigenvalue weighted by Crippen LogP contribution is 2.37. The van der Waals surface area contributed by atoms with Gasteiger partial charge in [0.1, 0.15) is 19.3 Å². The van der Waals surface area contributed by atoms with Crippen molar-refractivity contribution in [2.24, 2.45) is 0 Å². The Labute approximate surface area is 140 Å². The van der Waals surface area contributed by atoms with Crippen LogP contribution >= 0.6 is 31.9 Å². The van der Waals surface area contributed by atoms with E-state index in [4.69, 9.17) is 9.47 Å². The first-order chi connectivity index (χ1) is 10.1. The minimum atomic E-state index is -0.730. The van der Waals surface area contributed by atoms with Crippen molar-refractivity contribution < 1.29 is 14.6 Å². The van der Waals surface area contributed by atoms with E-state index in [0.29, 0.717) is 19.0 Å². The lowest BCUT2D eigenvalue weighted by atomic mass is 10.00. The number of aliphatic hydroxyl groups is 1. The molecule has 0 fully saturated rings. The molecule has 0 saturated heterocycles. The van der Waals surface area contributed by atoms with Crippen LogP contribution in [0.25, 0.3) is 0 Å². The number of rotatable bonds is 2. The Morgan fingerprint density at radius 2 is 1.71 bits per heavy atom. The monoisotopic (exact) mass is 412 g/mol. The molecule has 1 heterocycles. The zero-order valence-electron chi connectivity index (χ0n) is 11.4. The van der Waals surface area contributed by atoms with Crippen LogP contribution in [0, 0.1) is 6.92 Å². The Kier molecular flexibility index (Phi) is 4.24. The maximum atomic E-state index is 10.6. The quantitative estimate of drug-likeness (QED) is 0.794. The summed E-state index contributed by atoms with van der Waals surface area (Å²) in [6.07, 6.45) is -0.730. The van der Waals surface area contributed by atoms with Crippen LogP contribution in [-0.4, -0.2) is 18.3 Å². The summed E-state index contributed by atoms with van der Waals surface area (Å²) in [5.74, 6) is 1.40. The molecule has 1 N–H and O–H groups in total. The van der Waals surface area contributed by atoms with Crippen LogP contribution < -0.4 is 9.47 Å². The van der Waals surface area contributed by atoms with E-state index in [0.717, 1.165) is 31.4 Å². The van der Waals surface area contributed by atoms with Crippen LogP contribution in [0.2, 0.25) is 0 Å². The van der Waals surface area contributed by atoms with Gasteiger partial charge < -0.3 is 14.6 Å². The number of aryl methyl sites for hydroxylation is 1. The number of halogens is 2. The smallest absolute Gasteiger partial charge is 0.161 e. The van der Waals surface area contributed by atoms with Gasteiger partial charge in [-0.25, -0.2) is 0 Å². The second-order valence-corrected chi connectivity index (χ2v) is 6.64. The molecule has 0 aliphatic carbocycles. The molecule has 1 unspecified atom stereocenters. The van der Waals surface area contributed by atoms with Crippen molar-refractivity contribution in [3.63, 3.8) is 0 Å². The summed E-state index contributed by atoms with van der Waals surface area (Å²) in [4.78, 5) is 0. The average Bonchev–Trinajstić information content (AvgIpc) is 2.50. The topological polar surface area (TPSA) is 38.7 Å². The summed E-state index contributed by atoms with van der Waals surface area (Å²) in [7, 11) is 0. The van der Waals surface area contributed by atoms with E-state index in [-0.39, 0.29) is 0 Å². The zero-order chi connectivity index (χ0) is 15.0. The lowest BCUT2D eigenvalue weighted by molar-refractivity contribution is 0.169. The SMILES string of the molecule is Cc1cc(Br)c(C(O)c2ccc3c(c2)OCCO3)cc1Br. The molecule has 0 bridgehead atoms. The van der Waals surface area contributed by atoms with E-state index in [9.17, 15) is 5.11 Å². The Bertz CT molecular complexity index is 685. The van der Waals surface area contributed by atoms with Crippen LogP contribution in [0.3, 0.4) is 0 Å². The molecule has 0 spiro atoms. The maximum Gasteiger partial charge on any atom is 0.161 e. The second kappa shape index (κ2) is 5.99. The van der Waals surface area contributed by atoms with Gasteiger partial charge >= 0.3 is 0 Å². The van der Waals surface area contributed by atoms with Gasteiger partial charge in [0.2, 0.25) is 0 Å². The largest absolute Gasteiger partial charge is 0.486 e. The highest BCUT2D eigenvalue weighted by atomic mass is 79.9. The van der Waals surface area contributed by atoms with E-state index >= 15 is 0 Å². The van der Waals surface area contributed by atoms with Gasteiger partial charge in [-0.05, 0) is 42.3 Å². The molecule has 0 amide bonds. The molecule has 1 aliphatic heterocycles. The van der Waals surface area contributed by atoms with Crippen molar-refractivity contribution in [2.45, 2.75) is 13.0 Å². The van der Waals surface area contributed by atoms with E-state index in [2.05, 4.69) is 31.9 Å². The number of hydrogen-bond acceptors (Lipinski definition) is 3. The molecule has 5 heteroatoms. The fourth-order valence-electron chi connectivity index (χ4n) is 2.28. The fraction of sp³-hybridized carbons (Fsp3) is 0.250. The third-order valence-electron chi connectivity index (χ3n) is 3.45. The summed E-state index contributed by atoms with van der Waals surface area (Å²) >= 11 is 7.02. The number of fused-ring (bicyclic) bond motifs is 1. The third-order valence-corrected chi connectivity index (χ3v) is 5.00. The van der Waals surface area contributed by atoms with Crippen LogP contribution in [0.4, 0.5) is 0 Å². The average molecular weight is 414 g/mol. The van der Waals surface area contributed by atoms with Gasteiger partial charge in [-0.15, -0.1) is 0 Å². The molecule has 1 atom stereocenters. The van der Waals surface area contributed by atoms with Gasteiger partial charge in [-0.3, -0.25) is 0 Å². The standard InChI is InChI=1S/C16H14Br2O3/c1-9-6-13(18)11(8-12(9)17)16(19)10-2-3-14-15(7-10)21-5-4-20-14/h2-3,6-8,16,19H,4-5H2,1H3. The van der Waals surface area contributed by atoms with E-state index in [1.54, 1.807) is 0 Å². The summed E-state index contributed by atoms with van der Waals surface area (Å²) in [6, 6.07) is 9.45. The van der Waals surface area contributed by atoms with Gasteiger partial charge in [-0.1, -0.05) is 37.9 Å². The van der Waals surface area contributed by atoms with Crippen LogP contribution in [0.5, 0.6) is 11.5 Å². The zero-order valence-corrected chi connectivity index (χ0v) is 14.6. The first kappa shape index (κ1) is 14.9. The van der Waals surface area contributed by atoms with Crippen molar-refractivity contribution in [3.05, 3.63) is 56.0 Å². The second-order valence-electron chi connectivity index (χ2n) is 4.93. The maximum absolute atomic E-state index is 10.6. The Balaban J connectivity index is 1.98. The Hall–Kier alpha value is -1.04. The molecular formula is C16H14Br2O3. The van der Waals surface area contributed by atoms with Crippen LogP contribution in [0.1, 0.15) is 22.8 Å². The van der Waals surface area contributed by atoms with E-state index in [1.165, 1.54) is 0 Å². The van der Waals surface area contributed by atoms with E-state index in [1.807, 2.05) is 37.3 Å². The number of ether oxygens (including phenoxy) is 2. The molecule has 3 nitrogen and oxygen atoms in total. The van der Waals surface area contributed by atoms with Gasteiger partial charge in [0, 0.05) is 14.5 Å². The lowest BCUT2D eigenvalue weighted by Crippen LogP contribution is -2.15. The normalized spacial score (nSPS) is 14.9. The van der Waals surface area contributed by atoms with Crippen LogP contribution in [-0.2, 0) is 0 Å². The van der Waals surface area contributed by atoms with Gasteiger partial charge in [0.25, 0.3) is 0 Å². The molecule has 1 aliphatic rings. The first-order valence-corrected chi connectivity index (χ1v) is 8.18. The molecule has 21 heavy (non-hydrogen) atoms. The number of aliphatic hydroxyl groups excluding tert-OH is 1. The van der Waals surface area contributed by atoms with Crippen molar-refractivity contribution in [1.29, 1.82) is 0 Å². The molecule has 2 aromatic rings. The molecule has 0 aromatic heterocycles. The van der Waals surface area contributed by atoms with Crippen molar-refractivity contribution in [3.8, 4) is 11.5 Å². The summed E-state index contributed by atoms with van der Waals surface area (Å²) in [5, 5.41) is 10.6. The van der Waals surface area contributed by atoms with Gasteiger partial charge in [-0.2, -0.15) is 0 Å². The summed E-state index contributed by atoms with van der Waals surface area (Å²) in [5.41, 5.74) is 2.69. The van der Waals surface area contributed by atoms with E-state index < -0.39 is 6.10 Å². The Morgan fingerprint density at radius 1 is 1.00 bits per heavy atom. The van der Waals surface area contributed by atoms with Crippen molar-refractivity contribution in [1.82, 2.24) is 0 Å². The Morgan fingerprint density at radius 3 is 2.48 bits per heavy atom. The third kappa shape index (κ3) is 2.96. The first-order valence-electron chi connectivity index (χ1n) is 6.59. The lowest BCUT2D eigenvalue weighted by Gasteiger charge is -2.21. The molecule has 2 aromatic carbocycles. The molecule has 110 valence electrons. The summed E-state index contributed by atoms with van der Waals surface area (Å²) < 4.78 is 12.9. The predicted molar refractivity (Wildman–Crippen MR) is 88.1 cm³/mol. The predicted octanol–water partition coefficient (Wildman–Crippen LogP) is 4.37. The highest BCUT2D eigenvalue weighted by molar-refractivity contribution is 9.11. The molecule has 0 saturated carbocycles. The minimum Gasteiger partial charge on any atom is -0.486 e. The minimum absolute atomic E-state index is 0.534. The number of hydrogen-bond donors (Lipinski definition) is 1. The van der Waals surface area contributed by atoms with Gasteiger partial charge in [0.05, 0.1) is 0 Å². The molecule has 0 radical (unpaired) electrons. The van der Waals surface area contributed by atoms with Gasteiger partial charge in [0.15, 0.2) is 11.5 Å².